The summed E-state index contributed by atoms with van der Waals surface area (Å²) in [6.07, 6.45) is 1.43. The minimum atomic E-state index is -0.218. The summed E-state index contributed by atoms with van der Waals surface area (Å²) in [4.78, 5) is 5.09. The van der Waals surface area contributed by atoms with Crippen LogP contribution in [-0.4, -0.2) is 4.98 Å². The van der Waals surface area contributed by atoms with Gasteiger partial charge in [0, 0.05) is 10.0 Å². The molecule has 2 heterocycles. The van der Waals surface area contributed by atoms with Crippen molar-refractivity contribution < 1.29 is 8.81 Å². The lowest BCUT2D eigenvalue weighted by atomic mass is 10.2. The summed E-state index contributed by atoms with van der Waals surface area (Å²) >= 11 is 4.87. The third-order valence-electron chi connectivity index (χ3n) is 2.47. The van der Waals surface area contributed by atoms with Crippen LogP contribution in [0.5, 0.6) is 0 Å². The monoisotopic (exact) mass is 311 g/mol. The fourth-order valence-corrected chi connectivity index (χ4v) is 3.18. The highest BCUT2D eigenvalue weighted by Crippen LogP contribution is 2.35. The maximum atomic E-state index is 13.1. The van der Waals surface area contributed by atoms with E-state index in [9.17, 15) is 4.39 Å². The summed E-state index contributed by atoms with van der Waals surface area (Å²) in [5.41, 5.74) is 0.858. The third-order valence-corrected chi connectivity index (χ3v) is 4.10. The molecule has 0 fully saturated rings. The highest BCUT2D eigenvalue weighted by Gasteiger charge is 2.13. The van der Waals surface area contributed by atoms with E-state index in [0.29, 0.717) is 5.33 Å². The lowest BCUT2D eigenvalue weighted by Crippen LogP contribution is -1.78. The van der Waals surface area contributed by atoms with Crippen molar-refractivity contribution in [3.8, 4) is 10.6 Å². The number of benzene rings is 1. The Kier molecular flexibility index (Phi) is 2.72. The summed E-state index contributed by atoms with van der Waals surface area (Å²) in [5.74, 6) is 0.535. The largest absolute Gasteiger partial charge is 0.442 e. The van der Waals surface area contributed by atoms with E-state index in [0.717, 1.165) is 26.4 Å². The number of aromatic nitrogens is 1. The van der Waals surface area contributed by atoms with Crippen molar-refractivity contribution in [2.75, 3.05) is 0 Å². The molecule has 3 aromatic rings. The molecule has 86 valence electrons. The van der Waals surface area contributed by atoms with Gasteiger partial charge in [0.1, 0.15) is 5.82 Å². The molecule has 1 aromatic carbocycles. The second-order valence-corrected chi connectivity index (χ2v) is 5.20. The maximum Gasteiger partial charge on any atom is 0.181 e. The second-order valence-electron chi connectivity index (χ2n) is 3.55. The molecule has 17 heavy (non-hydrogen) atoms. The number of fused-ring (bicyclic) bond motifs is 1. The van der Waals surface area contributed by atoms with Crippen LogP contribution in [0.3, 0.4) is 0 Å². The number of halogens is 2. The summed E-state index contributed by atoms with van der Waals surface area (Å²) in [6.45, 7) is 0. The van der Waals surface area contributed by atoms with E-state index in [1.807, 2.05) is 6.07 Å². The van der Waals surface area contributed by atoms with Crippen LogP contribution in [0.15, 0.2) is 35.1 Å². The molecule has 3 rings (SSSR count). The fourth-order valence-electron chi connectivity index (χ4n) is 1.68. The molecule has 0 aliphatic carbocycles. The van der Waals surface area contributed by atoms with Crippen LogP contribution >= 0.6 is 27.3 Å². The van der Waals surface area contributed by atoms with E-state index in [1.54, 1.807) is 6.07 Å². The van der Waals surface area contributed by atoms with Crippen molar-refractivity contribution in [3.63, 3.8) is 0 Å². The van der Waals surface area contributed by atoms with Gasteiger partial charge >= 0.3 is 0 Å². The average molecular weight is 312 g/mol. The van der Waals surface area contributed by atoms with E-state index in [1.165, 1.54) is 29.9 Å². The van der Waals surface area contributed by atoms with Crippen LogP contribution < -0.4 is 0 Å². The number of rotatable bonds is 2. The van der Waals surface area contributed by atoms with Crippen molar-refractivity contribution in [3.05, 3.63) is 42.2 Å². The zero-order valence-corrected chi connectivity index (χ0v) is 11.0. The van der Waals surface area contributed by atoms with Crippen LogP contribution in [-0.2, 0) is 5.33 Å². The van der Waals surface area contributed by atoms with Crippen LogP contribution in [0.25, 0.3) is 20.7 Å². The van der Waals surface area contributed by atoms with Gasteiger partial charge in [-0.15, -0.1) is 11.3 Å². The molecular formula is C12H7BrFNOS. The molecule has 0 atom stereocenters. The molecular weight excluding hydrogens is 305 g/mol. The highest BCUT2D eigenvalue weighted by atomic mass is 79.9. The Labute approximate surface area is 109 Å². The Morgan fingerprint density at radius 2 is 2.24 bits per heavy atom. The zero-order valence-electron chi connectivity index (χ0n) is 8.61. The van der Waals surface area contributed by atoms with Gasteiger partial charge in [-0.2, -0.15) is 0 Å². The van der Waals surface area contributed by atoms with E-state index < -0.39 is 0 Å². The Bertz CT molecular complexity index is 676. The van der Waals surface area contributed by atoms with Gasteiger partial charge in [-0.3, -0.25) is 0 Å². The highest BCUT2D eigenvalue weighted by molar-refractivity contribution is 9.08. The number of oxazole rings is 1. The first-order valence-electron chi connectivity index (χ1n) is 4.96. The van der Waals surface area contributed by atoms with Gasteiger partial charge in [-0.25, -0.2) is 9.37 Å². The van der Waals surface area contributed by atoms with Crippen molar-refractivity contribution >= 4 is 37.4 Å². The zero-order chi connectivity index (χ0) is 11.8. The van der Waals surface area contributed by atoms with Gasteiger partial charge < -0.3 is 4.42 Å². The summed E-state index contributed by atoms with van der Waals surface area (Å²) in [7, 11) is 0. The van der Waals surface area contributed by atoms with Gasteiger partial charge in [0.15, 0.2) is 12.2 Å². The molecule has 2 aromatic heterocycles. The normalized spacial score (nSPS) is 11.2. The Balaban J connectivity index is 2.18. The summed E-state index contributed by atoms with van der Waals surface area (Å²) in [5, 5.41) is 1.66. The molecule has 0 bridgehead atoms. The Hall–Kier alpha value is -1.20. The molecule has 5 heteroatoms. The first-order valence-corrected chi connectivity index (χ1v) is 6.89. The maximum absolute atomic E-state index is 13.1. The molecule has 0 aliphatic heterocycles. The second kappa shape index (κ2) is 4.23. The van der Waals surface area contributed by atoms with Gasteiger partial charge in [-0.05, 0) is 23.6 Å². The molecule has 0 amide bonds. The van der Waals surface area contributed by atoms with Crippen LogP contribution in [0.2, 0.25) is 0 Å². The van der Waals surface area contributed by atoms with E-state index >= 15 is 0 Å². The third kappa shape index (κ3) is 1.89. The molecule has 0 unspecified atom stereocenters. The predicted molar refractivity (Wildman–Crippen MR) is 69.9 cm³/mol. The van der Waals surface area contributed by atoms with Gasteiger partial charge in [-0.1, -0.05) is 22.0 Å². The SMILES string of the molecule is Fc1ccc2cc(-c3ocnc3CBr)sc2c1. The fraction of sp³-hybridized carbons (Fsp3) is 0.0833. The van der Waals surface area contributed by atoms with E-state index in [2.05, 4.69) is 20.9 Å². The number of hydrogen-bond donors (Lipinski definition) is 0. The summed E-state index contributed by atoms with van der Waals surface area (Å²) < 4.78 is 19.4. The quantitative estimate of drug-likeness (QED) is 0.647. The smallest absolute Gasteiger partial charge is 0.181 e. The molecule has 0 N–H and O–H groups in total. The van der Waals surface area contributed by atoms with Gasteiger partial charge in [0.05, 0.1) is 10.6 Å². The van der Waals surface area contributed by atoms with Crippen molar-refractivity contribution in [1.82, 2.24) is 4.98 Å². The Morgan fingerprint density at radius 1 is 1.35 bits per heavy atom. The Morgan fingerprint density at radius 3 is 3.06 bits per heavy atom. The lowest BCUT2D eigenvalue weighted by molar-refractivity contribution is 0.572. The topological polar surface area (TPSA) is 26.0 Å². The van der Waals surface area contributed by atoms with Crippen LogP contribution in [0, 0.1) is 5.82 Å². The number of thiophene rings is 1. The van der Waals surface area contributed by atoms with Crippen molar-refractivity contribution in [2.24, 2.45) is 0 Å². The molecule has 2 nitrogen and oxygen atoms in total. The van der Waals surface area contributed by atoms with Gasteiger partial charge in [0.25, 0.3) is 0 Å². The van der Waals surface area contributed by atoms with Crippen LogP contribution in [0.4, 0.5) is 4.39 Å². The van der Waals surface area contributed by atoms with Crippen LogP contribution in [0.1, 0.15) is 5.69 Å². The van der Waals surface area contributed by atoms with Gasteiger partial charge in [0.2, 0.25) is 0 Å². The molecule has 0 saturated carbocycles. The van der Waals surface area contributed by atoms with Crippen molar-refractivity contribution in [2.45, 2.75) is 5.33 Å². The number of hydrogen-bond acceptors (Lipinski definition) is 3. The molecule has 0 spiro atoms. The molecule has 0 aliphatic rings. The first kappa shape index (κ1) is 10.9. The van der Waals surface area contributed by atoms with Crippen molar-refractivity contribution in [1.29, 1.82) is 0 Å². The van der Waals surface area contributed by atoms with E-state index in [4.69, 9.17) is 4.42 Å². The number of alkyl halides is 1. The average Bonchev–Trinajstić information content (AvgIpc) is 2.93. The number of nitrogens with zero attached hydrogens (tertiary/aromatic N) is 1. The lowest BCUT2D eigenvalue weighted by Gasteiger charge is -1.91. The van der Waals surface area contributed by atoms with E-state index in [-0.39, 0.29) is 5.82 Å². The standard InChI is InChI=1S/C12H7BrFNOS/c13-5-9-12(16-6-15-9)11-3-7-1-2-8(14)4-10(7)17-11/h1-4,6H,5H2. The predicted octanol–water partition coefficient (Wildman–Crippen LogP) is 4.59. The molecule has 0 saturated heterocycles. The first-order chi connectivity index (χ1) is 8.28. The molecule has 0 radical (unpaired) electrons. The minimum absolute atomic E-state index is 0.218. The minimum Gasteiger partial charge on any atom is -0.442 e. The summed E-state index contributed by atoms with van der Waals surface area (Å²) in [6, 6.07) is 6.76.